The number of benzene rings is 1. The maximum Gasteiger partial charge on any atom is 0.241 e. The summed E-state index contributed by atoms with van der Waals surface area (Å²) in [5, 5.41) is 3.19. The van der Waals surface area contributed by atoms with E-state index in [-0.39, 0.29) is 24.4 Å². The second-order valence-electron chi connectivity index (χ2n) is 5.29. The van der Waals surface area contributed by atoms with Crippen LogP contribution >= 0.6 is 12.4 Å². The van der Waals surface area contributed by atoms with Gasteiger partial charge in [0.1, 0.15) is 11.8 Å². The number of halogens is 1. The normalized spacial score (nSPS) is 17.5. The molecule has 1 atom stereocenters. The third-order valence-electron chi connectivity index (χ3n) is 3.71. The molecular formula is C16H25ClN2O3. The van der Waals surface area contributed by atoms with E-state index < -0.39 is 0 Å². The van der Waals surface area contributed by atoms with Crippen molar-refractivity contribution >= 4 is 18.3 Å². The van der Waals surface area contributed by atoms with Crippen LogP contribution in [0.25, 0.3) is 0 Å². The number of rotatable bonds is 6. The monoisotopic (exact) mass is 328 g/mol. The third kappa shape index (κ3) is 5.48. The minimum Gasteiger partial charge on any atom is -0.497 e. The summed E-state index contributed by atoms with van der Waals surface area (Å²) in [7, 11) is 3.52. The Bertz CT molecular complexity index is 447. The van der Waals surface area contributed by atoms with Crippen molar-refractivity contribution in [2.24, 2.45) is 0 Å². The zero-order valence-electron chi connectivity index (χ0n) is 13.2. The SMILES string of the molecule is COc1ccc(CCCN(C)C(=O)C2COCCN2)cc1.Cl. The van der Waals surface area contributed by atoms with Crippen molar-refractivity contribution < 1.29 is 14.3 Å². The number of nitrogens with one attached hydrogen (secondary N) is 1. The van der Waals surface area contributed by atoms with Crippen molar-refractivity contribution in [2.75, 3.05) is 40.5 Å². The van der Waals surface area contributed by atoms with E-state index >= 15 is 0 Å². The molecule has 0 aliphatic carbocycles. The van der Waals surface area contributed by atoms with E-state index in [2.05, 4.69) is 17.4 Å². The second kappa shape index (κ2) is 9.66. The highest BCUT2D eigenvalue weighted by atomic mass is 35.5. The number of morpholine rings is 1. The van der Waals surface area contributed by atoms with Crippen LogP contribution < -0.4 is 10.1 Å². The average Bonchev–Trinajstić information content (AvgIpc) is 2.55. The number of hydrogen-bond acceptors (Lipinski definition) is 4. The van der Waals surface area contributed by atoms with Gasteiger partial charge >= 0.3 is 0 Å². The van der Waals surface area contributed by atoms with E-state index in [4.69, 9.17) is 9.47 Å². The van der Waals surface area contributed by atoms with Gasteiger partial charge in [-0.3, -0.25) is 4.79 Å². The van der Waals surface area contributed by atoms with Crippen molar-refractivity contribution in [3.63, 3.8) is 0 Å². The summed E-state index contributed by atoms with van der Waals surface area (Å²) in [6.07, 6.45) is 1.90. The maximum atomic E-state index is 12.2. The molecule has 2 rings (SSSR count). The van der Waals surface area contributed by atoms with Crippen LogP contribution in [0.4, 0.5) is 0 Å². The van der Waals surface area contributed by atoms with Gasteiger partial charge in [-0.1, -0.05) is 12.1 Å². The zero-order chi connectivity index (χ0) is 15.1. The molecular weight excluding hydrogens is 304 g/mol. The lowest BCUT2D eigenvalue weighted by Crippen LogP contribution is -2.51. The summed E-state index contributed by atoms with van der Waals surface area (Å²) in [4.78, 5) is 14.0. The molecule has 124 valence electrons. The van der Waals surface area contributed by atoms with E-state index in [1.165, 1.54) is 5.56 Å². The van der Waals surface area contributed by atoms with Crippen LogP contribution in [0.1, 0.15) is 12.0 Å². The minimum atomic E-state index is -0.190. The molecule has 6 heteroatoms. The van der Waals surface area contributed by atoms with Crippen molar-refractivity contribution in [3.8, 4) is 5.75 Å². The molecule has 22 heavy (non-hydrogen) atoms. The van der Waals surface area contributed by atoms with Gasteiger partial charge in [0.2, 0.25) is 5.91 Å². The Hall–Kier alpha value is -1.30. The van der Waals surface area contributed by atoms with Crippen LogP contribution in [0.15, 0.2) is 24.3 Å². The molecule has 1 saturated heterocycles. The molecule has 1 aromatic rings. The number of ether oxygens (including phenoxy) is 2. The Morgan fingerprint density at radius 1 is 1.41 bits per heavy atom. The van der Waals surface area contributed by atoms with E-state index in [1.54, 1.807) is 12.0 Å². The molecule has 1 N–H and O–H groups in total. The highest BCUT2D eigenvalue weighted by Crippen LogP contribution is 2.12. The topological polar surface area (TPSA) is 50.8 Å². The molecule has 1 aromatic carbocycles. The molecule has 0 spiro atoms. The number of amides is 1. The lowest BCUT2D eigenvalue weighted by molar-refractivity contribution is -0.135. The summed E-state index contributed by atoms with van der Waals surface area (Å²) in [5.41, 5.74) is 1.26. The molecule has 0 saturated carbocycles. The van der Waals surface area contributed by atoms with Crippen LogP contribution in [-0.4, -0.2) is 57.3 Å². The fraction of sp³-hybridized carbons (Fsp3) is 0.562. The first-order valence-electron chi connectivity index (χ1n) is 7.39. The fourth-order valence-corrected chi connectivity index (χ4v) is 2.41. The quantitative estimate of drug-likeness (QED) is 0.859. The van der Waals surface area contributed by atoms with Gasteiger partial charge in [0.15, 0.2) is 0 Å². The number of methoxy groups -OCH3 is 1. The summed E-state index contributed by atoms with van der Waals surface area (Å²) < 4.78 is 10.5. The number of aryl methyl sites for hydroxylation is 1. The molecule has 0 aromatic heterocycles. The van der Waals surface area contributed by atoms with Crippen LogP contribution in [0.3, 0.4) is 0 Å². The van der Waals surface area contributed by atoms with Gasteiger partial charge in [-0.15, -0.1) is 12.4 Å². The number of carbonyl (C=O) groups excluding carboxylic acids is 1. The molecule has 0 bridgehead atoms. The highest BCUT2D eigenvalue weighted by molar-refractivity contribution is 5.85. The first-order chi connectivity index (χ1) is 10.2. The van der Waals surface area contributed by atoms with Crippen molar-refractivity contribution in [1.29, 1.82) is 0 Å². The zero-order valence-corrected chi connectivity index (χ0v) is 14.0. The largest absolute Gasteiger partial charge is 0.497 e. The lowest BCUT2D eigenvalue weighted by Gasteiger charge is -2.27. The van der Waals surface area contributed by atoms with Crippen molar-refractivity contribution in [1.82, 2.24) is 10.2 Å². The van der Waals surface area contributed by atoms with Crippen LogP contribution in [0.5, 0.6) is 5.75 Å². The van der Waals surface area contributed by atoms with E-state index in [9.17, 15) is 4.79 Å². The lowest BCUT2D eigenvalue weighted by atomic mass is 10.1. The molecule has 1 aliphatic rings. The van der Waals surface area contributed by atoms with Crippen molar-refractivity contribution in [2.45, 2.75) is 18.9 Å². The van der Waals surface area contributed by atoms with Crippen LogP contribution in [0, 0.1) is 0 Å². The summed E-state index contributed by atoms with van der Waals surface area (Å²) in [5.74, 6) is 0.985. The summed E-state index contributed by atoms with van der Waals surface area (Å²) in [6, 6.07) is 7.87. The second-order valence-corrected chi connectivity index (χ2v) is 5.29. The smallest absolute Gasteiger partial charge is 0.241 e. The first kappa shape index (κ1) is 18.7. The first-order valence-corrected chi connectivity index (χ1v) is 7.39. The Morgan fingerprint density at radius 3 is 2.73 bits per heavy atom. The molecule has 1 fully saturated rings. The minimum absolute atomic E-state index is 0. The number of nitrogens with zero attached hydrogens (tertiary/aromatic N) is 1. The number of hydrogen-bond donors (Lipinski definition) is 1. The molecule has 1 heterocycles. The predicted molar refractivity (Wildman–Crippen MR) is 88.8 cm³/mol. The molecule has 0 radical (unpaired) electrons. The van der Waals surface area contributed by atoms with Crippen LogP contribution in [0.2, 0.25) is 0 Å². The Morgan fingerprint density at radius 2 is 2.14 bits per heavy atom. The summed E-state index contributed by atoms with van der Waals surface area (Å²) in [6.45, 7) is 2.66. The van der Waals surface area contributed by atoms with Gasteiger partial charge < -0.3 is 19.7 Å². The van der Waals surface area contributed by atoms with Gasteiger partial charge in [0, 0.05) is 20.1 Å². The molecule has 1 unspecified atom stereocenters. The standard InChI is InChI=1S/C16H24N2O3.ClH/c1-18(16(19)15-12-21-11-9-17-15)10-3-4-13-5-7-14(20-2)8-6-13;/h5-8,15,17H,3-4,9-12H2,1-2H3;1H. The van der Waals surface area contributed by atoms with Gasteiger partial charge in [0.25, 0.3) is 0 Å². The van der Waals surface area contributed by atoms with Crippen LogP contribution in [-0.2, 0) is 16.0 Å². The van der Waals surface area contributed by atoms with E-state index in [1.807, 2.05) is 19.2 Å². The van der Waals surface area contributed by atoms with Crippen molar-refractivity contribution in [3.05, 3.63) is 29.8 Å². The number of carbonyl (C=O) groups is 1. The molecule has 1 amide bonds. The highest BCUT2D eigenvalue weighted by Gasteiger charge is 2.23. The molecule has 1 aliphatic heterocycles. The Labute approximate surface area is 138 Å². The average molecular weight is 329 g/mol. The van der Waals surface area contributed by atoms with E-state index in [0.717, 1.165) is 31.7 Å². The Kier molecular flexibility index (Phi) is 8.24. The predicted octanol–water partition coefficient (Wildman–Crippen LogP) is 1.50. The summed E-state index contributed by atoms with van der Waals surface area (Å²) >= 11 is 0. The van der Waals surface area contributed by atoms with Gasteiger partial charge in [-0.2, -0.15) is 0 Å². The number of likely N-dealkylation sites (N-methyl/N-ethyl adjacent to an activating group) is 1. The fourth-order valence-electron chi connectivity index (χ4n) is 2.41. The van der Waals surface area contributed by atoms with Gasteiger partial charge in [0.05, 0.1) is 20.3 Å². The van der Waals surface area contributed by atoms with Gasteiger partial charge in [-0.25, -0.2) is 0 Å². The van der Waals surface area contributed by atoms with Gasteiger partial charge in [-0.05, 0) is 30.5 Å². The molecule has 5 nitrogen and oxygen atoms in total. The Balaban J connectivity index is 0.00000242. The maximum absolute atomic E-state index is 12.2. The van der Waals surface area contributed by atoms with E-state index in [0.29, 0.717) is 13.2 Å². The third-order valence-corrected chi connectivity index (χ3v) is 3.71.